The number of aliphatic carboxylic acids is 1. The lowest BCUT2D eigenvalue weighted by Crippen LogP contribution is -2.69. The number of carbonyl (C=O) groups excluding carboxylic acids is 1. The standard InChI is InChI=1S/C13H21NO4/c1-9(18-2)13(6-3-11(15)16)12(17)10-4-7-14(13)8-5-10/h9-10H,3-8H2,1-2H3,(H,15,16). The average molecular weight is 255 g/mol. The first kappa shape index (κ1) is 13.5. The molecule has 3 aliphatic rings. The first-order chi connectivity index (χ1) is 8.52. The summed E-state index contributed by atoms with van der Waals surface area (Å²) in [5.74, 6) is -0.565. The molecule has 0 aliphatic carbocycles. The van der Waals surface area contributed by atoms with Crippen LogP contribution in [0.5, 0.6) is 0 Å². The van der Waals surface area contributed by atoms with Crippen LogP contribution in [0.1, 0.15) is 32.6 Å². The number of piperidine rings is 3. The van der Waals surface area contributed by atoms with Gasteiger partial charge in [0, 0.05) is 19.4 Å². The van der Waals surface area contributed by atoms with Crippen LogP contribution in [0.25, 0.3) is 0 Å². The molecule has 0 aromatic carbocycles. The van der Waals surface area contributed by atoms with Crippen LogP contribution in [-0.4, -0.2) is 53.6 Å². The van der Waals surface area contributed by atoms with Gasteiger partial charge in [0.2, 0.25) is 0 Å². The van der Waals surface area contributed by atoms with Crippen LogP contribution in [0.4, 0.5) is 0 Å². The van der Waals surface area contributed by atoms with Gasteiger partial charge in [0.1, 0.15) is 5.54 Å². The maximum absolute atomic E-state index is 12.6. The van der Waals surface area contributed by atoms with Crippen LogP contribution < -0.4 is 0 Å². The third-order valence-corrected chi connectivity index (χ3v) is 4.60. The summed E-state index contributed by atoms with van der Waals surface area (Å²) in [6.07, 6.45) is 1.93. The summed E-state index contributed by atoms with van der Waals surface area (Å²) in [7, 11) is 1.59. The van der Waals surface area contributed by atoms with Crippen LogP contribution in [0.15, 0.2) is 0 Å². The SMILES string of the molecule is COC(C)C1(CCC(=O)O)C(=O)C2CCN1CC2. The van der Waals surface area contributed by atoms with Gasteiger partial charge in [0.25, 0.3) is 0 Å². The number of hydrogen-bond acceptors (Lipinski definition) is 4. The molecule has 3 aliphatic heterocycles. The lowest BCUT2D eigenvalue weighted by Gasteiger charge is -2.55. The molecular formula is C13H21NO4. The van der Waals surface area contributed by atoms with E-state index in [9.17, 15) is 9.59 Å². The molecule has 2 bridgehead atoms. The van der Waals surface area contributed by atoms with Crippen molar-refractivity contribution in [1.29, 1.82) is 0 Å². The Morgan fingerprint density at radius 1 is 1.56 bits per heavy atom. The van der Waals surface area contributed by atoms with Crippen LogP contribution in [0.2, 0.25) is 0 Å². The van der Waals surface area contributed by atoms with Crippen LogP contribution in [0.3, 0.4) is 0 Å². The molecule has 0 aromatic heterocycles. The van der Waals surface area contributed by atoms with Gasteiger partial charge in [-0.15, -0.1) is 0 Å². The number of carboxylic acids is 1. The van der Waals surface area contributed by atoms with Gasteiger partial charge < -0.3 is 9.84 Å². The van der Waals surface area contributed by atoms with Crippen molar-refractivity contribution in [3.8, 4) is 0 Å². The van der Waals surface area contributed by atoms with Gasteiger partial charge in [-0.3, -0.25) is 14.5 Å². The summed E-state index contributed by atoms with van der Waals surface area (Å²) in [4.78, 5) is 25.6. The molecular weight excluding hydrogens is 234 g/mol. The molecule has 5 nitrogen and oxygen atoms in total. The quantitative estimate of drug-likeness (QED) is 0.791. The third-order valence-electron chi connectivity index (χ3n) is 4.60. The molecule has 5 heteroatoms. The Hall–Kier alpha value is -0.940. The Morgan fingerprint density at radius 2 is 2.17 bits per heavy atom. The second kappa shape index (κ2) is 4.97. The molecule has 0 saturated carbocycles. The first-order valence-corrected chi connectivity index (χ1v) is 6.56. The van der Waals surface area contributed by atoms with Crippen molar-refractivity contribution in [3.05, 3.63) is 0 Å². The maximum Gasteiger partial charge on any atom is 0.303 e. The van der Waals surface area contributed by atoms with E-state index in [1.165, 1.54) is 0 Å². The minimum Gasteiger partial charge on any atom is -0.481 e. The first-order valence-electron chi connectivity index (χ1n) is 6.56. The van der Waals surface area contributed by atoms with Gasteiger partial charge in [-0.1, -0.05) is 0 Å². The minimum absolute atomic E-state index is 0.0165. The topological polar surface area (TPSA) is 66.8 Å². The van der Waals surface area contributed by atoms with E-state index in [0.29, 0.717) is 6.42 Å². The lowest BCUT2D eigenvalue weighted by molar-refractivity contribution is -0.163. The van der Waals surface area contributed by atoms with E-state index in [1.807, 2.05) is 6.92 Å². The summed E-state index contributed by atoms with van der Waals surface area (Å²) in [6.45, 7) is 3.63. The fourth-order valence-corrected chi connectivity index (χ4v) is 3.48. The number of rotatable bonds is 5. The average Bonchev–Trinajstić information content (AvgIpc) is 2.38. The molecule has 2 atom stereocenters. The molecule has 1 N–H and O–H groups in total. The smallest absolute Gasteiger partial charge is 0.303 e. The van der Waals surface area contributed by atoms with Crippen molar-refractivity contribution in [1.82, 2.24) is 4.90 Å². The van der Waals surface area contributed by atoms with E-state index in [1.54, 1.807) is 7.11 Å². The zero-order valence-corrected chi connectivity index (χ0v) is 11.0. The number of nitrogens with zero attached hydrogens (tertiary/aromatic N) is 1. The van der Waals surface area contributed by atoms with Crippen molar-refractivity contribution < 1.29 is 19.4 Å². The number of ketones is 1. The largest absolute Gasteiger partial charge is 0.481 e. The Labute approximate surface area is 107 Å². The summed E-state index contributed by atoms with van der Waals surface area (Å²) >= 11 is 0. The molecule has 0 amide bonds. The number of Topliss-reactive ketones (excluding diaryl/α,β-unsaturated/α-hetero) is 1. The Kier molecular flexibility index (Phi) is 3.73. The van der Waals surface area contributed by atoms with Crippen LogP contribution in [-0.2, 0) is 14.3 Å². The Morgan fingerprint density at radius 3 is 2.61 bits per heavy atom. The number of carbonyl (C=O) groups is 2. The van der Waals surface area contributed by atoms with Gasteiger partial charge in [-0.05, 0) is 39.3 Å². The van der Waals surface area contributed by atoms with Gasteiger partial charge >= 0.3 is 5.97 Å². The van der Waals surface area contributed by atoms with E-state index in [4.69, 9.17) is 9.84 Å². The highest BCUT2D eigenvalue weighted by atomic mass is 16.5. The van der Waals surface area contributed by atoms with Crippen LogP contribution in [0, 0.1) is 5.92 Å². The van der Waals surface area contributed by atoms with E-state index in [2.05, 4.69) is 4.90 Å². The number of carboxylic acid groups (broad SMARTS) is 1. The predicted octanol–water partition coefficient (Wildman–Crippen LogP) is 0.920. The van der Waals surface area contributed by atoms with E-state index in [0.717, 1.165) is 25.9 Å². The highest BCUT2D eigenvalue weighted by Gasteiger charge is 2.55. The number of hydrogen-bond donors (Lipinski definition) is 1. The molecule has 3 fully saturated rings. The fraction of sp³-hybridized carbons (Fsp3) is 0.846. The van der Waals surface area contributed by atoms with Crippen molar-refractivity contribution in [2.24, 2.45) is 5.92 Å². The minimum atomic E-state index is -0.854. The molecule has 3 saturated heterocycles. The van der Waals surface area contributed by atoms with Gasteiger partial charge in [-0.2, -0.15) is 0 Å². The van der Waals surface area contributed by atoms with Crippen molar-refractivity contribution in [2.75, 3.05) is 20.2 Å². The Balaban J connectivity index is 2.28. The van der Waals surface area contributed by atoms with Crippen molar-refractivity contribution in [3.63, 3.8) is 0 Å². The highest BCUT2D eigenvalue weighted by molar-refractivity contribution is 5.93. The summed E-state index contributed by atoms with van der Waals surface area (Å²) in [6, 6.07) is 0. The Bertz CT molecular complexity index is 349. The van der Waals surface area contributed by atoms with E-state index >= 15 is 0 Å². The molecule has 0 aromatic rings. The fourth-order valence-electron chi connectivity index (χ4n) is 3.48. The second-order valence-corrected chi connectivity index (χ2v) is 5.32. The zero-order valence-electron chi connectivity index (χ0n) is 11.0. The normalized spacial score (nSPS) is 36.7. The number of methoxy groups -OCH3 is 1. The zero-order chi connectivity index (χ0) is 13.3. The second-order valence-electron chi connectivity index (χ2n) is 5.32. The molecule has 3 heterocycles. The predicted molar refractivity (Wildman–Crippen MR) is 65.4 cm³/mol. The summed E-state index contributed by atoms with van der Waals surface area (Å²) in [5.41, 5.74) is -0.714. The molecule has 0 spiro atoms. The van der Waals surface area contributed by atoms with Gasteiger partial charge in [0.15, 0.2) is 5.78 Å². The monoisotopic (exact) mass is 255 g/mol. The van der Waals surface area contributed by atoms with Gasteiger partial charge in [-0.25, -0.2) is 0 Å². The van der Waals surface area contributed by atoms with Crippen LogP contribution >= 0.6 is 0 Å². The van der Waals surface area contributed by atoms with Gasteiger partial charge in [0.05, 0.1) is 6.10 Å². The third kappa shape index (κ3) is 1.95. The summed E-state index contributed by atoms with van der Waals surface area (Å²) < 4.78 is 5.39. The van der Waals surface area contributed by atoms with E-state index in [-0.39, 0.29) is 24.2 Å². The van der Waals surface area contributed by atoms with E-state index < -0.39 is 11.5 Å². The highest BCUT2D eigenvalue weighted by Crippen LogP contribution is 2.41. The number of ether oxygens (including phenoxy) is 1. The summed E-state index contributed by atoms with van der Waals surface area (Å²) in [5, 5.41) is 8.90. The lowest BCUT2D eigenvalue weighted by atomic mass is 9.68. The molecule has 18 heavy (non-hydrogen) atoms. The molecule has 0 radical (unpaired) electrons. The van der Waals surface area contributed by atoms with Crippen molar-refractivity contribution >= 4 is 11.8 Å². The van der Waals surface area contributed by atoms with Crippen molar-refractivity contribution in [2.45, 2.75) is 44.2 Å². The molecule has 102 valence electrons. The molecule has 2 unspecified atom stereocenters. The number of fused-ring (bicyclic) bond motifs is 3. The maximum atomic E-state index is 12.6. The molecule has 3 rings (SSSR count).